The molecular formula is C15H23NO2. The summed E-state index contributed by atoms with van der Waals surface area (Å²) in [6, 6.07) is 6.35. The summed E-state index contributed by atoms with van der Waals surface area (Å²) in [5.74, 6) is 0. The summed E-state index contributed by atoms with van der Waals surface area (Å²) in [7, 11) is 0. The van der Waals surface area contributed by atoms with Crippen LogP contribution < -0.4 is 5.32 Å². The van der Waals surface area contributed by atoms with Crippen molar-refractivity contribution in [1.82, 2.24) is 5.32 Å². The second-order valence-corrected chi connectivity index (χ2v) is 5.02. The van der Waals surface area contributed by atoms with Crippen LogP contribution in [-0.4, -0.2) is 29.4 Å². The molecule has 1 aliphatic rings. The Bertz CT molecular complexity index is 392. The van der Waals surface area contributed by atoms with Crippen LogP contribution >= 0.6 is 0 Å². The zero-order valence-electron chi connectivity index (χ0n) is 11.0. The average Bonchev–Trinajstić information content (AvgIpc) is 2.86. The highest BCUT2D eigenvalue weighted by molar-refractivity contribution is 5.36. The fourth-order valence-corrected chi connectivity index (χ4v) is 2.74. The van der Waals surface area contributed by atoms with E-state index in [2.05, 4.69) is 17.4 Å². The Kier molecular flexibility index (Phi) is 4.75. The van der Waals surface area contributed by atoms with Gasteiger partial charge in [0.1, 0.15) is 0 Å². The predicted octanol–water partition coefficient (Wildman–Crippen LogP) is 1.57. The van der Waals surface area contributed by atoms with Gasteiger partial charge >= 0.3 is 0 Å². The molecule has 1 aromatic carbocycles. The van der Waals surface area contributed by atoms with Gasteiger partial charge in [-0.05, 0) is 42.4 Å². The van der Waals surface area contributed by atoms with Crippen molar-refractivity contribution >= 4 is 0 Å². The largest absolute Gasteiger partial charge is 0.395 e. The van der Waals surface area contributed by atoms with Crippen molar-refractivity contribution in [3.63, 3.8) is 0 Å². The summed E-state index contributed by atoms with van der Waals surface area (Å²) in [6.07, 6.45) is 3.89. The molecule has 2 atom stereocenters. The van der Waals surface area contributed by atoms with Crippen LogP contribution in [0.5, 0.6) is 0 Å². The van der Waals surface area contributed by atoms with Crippen LogP contribution in [0.2, 0.25) is 0 Å². The minimum atomic E-state index is -0.493. The summed E-state index contributed by atoms with van der Waals surface area (Å²) >= 11 is 0. The Hall–Kier alpha value is -0.900. The fourth-order valence-electron chi connectivity index (χ4n) is 2.74. The second kappa shape index (κ2) is 6.32. The zero-order chi connectivity index (χ0) is 13.0. The van der Waals surface area contributed by atoms with Gasteiger partial charge in [0, 0.05) is 12.6 Å². The van der Waals surface area contributed by atoms with Gasteiger partial charge in [0.25, 0.3) is 0 Å². The maximum absolute atomic E-state index is 10.4. The molecule has 0 aliphatic heterocycles. The van der Waals surface area contributed by atoms with E-state index < -0.39 is 6.10 Å². The van der Waals surface area contributed by atoms with Gasteiger partial charge in [0.15, 0.2) is 0 Å². The van der Waals surface area contributed by atoms with Crippen molar-refractivity contribution in [1.29, 1.82) is 0 Å². The van der Waals surface area contributed by atoms with Crippen molar-refractivity contribution in [2.45, 2.75) is 44.8 Å². The van der Waals surface area contributed by atoms with Gasteiger partial charge in [0.05, 0.1) is 12.7 Å². The van der Waals surface area contributed by atoms with E-state index in [4.69, 9.17) is 5.11 Å². The standard InChI is InChI=1S/C15H23NO2/c1-2-14(16-8-9-17)15(18)13-7-6-11-4-3-5-12(11)10-13/h6-7,10,14-18H,2-5,8-9H2,1H3. The smallest absolute Gasteiger partial charge is 0.0942 e. The van der Waals surface area contributed by atoms with E-state index in [-0.39, 0.29) is 12.6 Å². The maximum Gasteiger partial charge on any atom is 0.0942 e. The van der Waals surface area contributed by atoms with E-state index in [0.29, 0.717) is 6.54 Å². The quantitative estimate of drug-likeness (QED) is 0.717. The number of benzene rings is 1. The molecular weight excluding hydrogens is 226 g/mol. The van der Waals surface area contributed by atoms with Crippen molar-refractivity contribution in [3.05, 3.63) is 34.9 Å². The number of hydrogen-bond acceptors (Lipinski definition) is 3. The number of fused-ring (bicyclic) bond motifs is 1. The molecule has 1 aromatic rings. The highest BCUT2D eigenvalue weighted by Crippen LogP contribution is 2.27. The number of aliphatic hydroxyl groups is 2. The Balaban J connectivity index is 2.09. The third-order valence-electron chi connectivity index (χ3n) is 3.80. The van der Waals surface area contributed by atoms with Gasteiger partial charge in [-0.15, -0.1) is 0 Å². The van der Waals surface area contributed by atoms with Gasteiger partial charge < -0.3 is 15.5 Å². The Morgan fingerprint density at radius 3 is 2.78 bits per heavy atom. The van der Waals surface area contributed by atoms with Gasteiger partial charge in [-0.2, -0.15) is 0 Å². The molecule has 0 aromatic heterocycles. The lowest BCUT2D eigenvalue weighted by Crippen LogP contribution is -2.36. The van der Waals surface area contributed by atoms with Crippen LogP contribution in [0.4, 0.5) is 0 Å². The molecule has 100 valence electrons. The summed E-state index contributed by atoms with van der Waals surface area (Å²) in [5, 5.41) is 22.4. The molecule has 3 N–H and O–H groups in total. The number of aliphatic hydroxyl groups excluding tert-OH is 2. The van der Waals surface area contributed by atoms with E-state index in [1.165, 1.54) is 24.0 Å². The van der Waals surface area contributed by atoms with Crippen LogP contribution in [-0.2, 0) is 12.8 Å². The molecule has 0 saturated heterocycles. The minimum absolute atomic E-state index is 0.0107. The van der Waals surface area contributed by atoms with Crippen LogP contribution in [0, 0.1) is 0 Å². The average molecular weight is 249 g/mol. The van der Waals surface area contributed by atoms with Gasteiger partial charge in [-0.25, -0.2) is 0 Å². The lowest BCUT2D eigenvalue weighted by Gasteiger charge is -2.23. The number of hydrogen-bond donors (Lipinski definition) is 3. The van der Waals surface area contributed by atoms with E-state index >= 15 is 0 Å². The third-order valence-corrected chi connectivity index (χ3v) is 3.80. The molecule has 0 heterocycles. The van der Waals surface area contributed by atoms with E-state index in [9.17, 15) is 5.11 Å². The Labute approximate surface area is 109 Å². The van der Waals surface area contributed by atoms with Crippen molar-refractivity contribution < 1.29 is 10.2 Å². The molecule has 18 heavy (non-hydrogen) atoms. The molecule has 3 heteroatoms. The normalized spacial score (nSPS) is 17.5. The second-order valence-electron chi connectivity index (χ2n) is 5.02. The fraction of sp³-hybridized carbons (Fsp3) is 0.600. The third kappa shape index (κ3) is 2.91. The molecule has 0 spiro atoms. The molecule has 0 radical (unpaired) electrons. The first-order chi connectivity index (χ1) is 8.76. The molecule has 0 amide bonds. The highest BCUT2D eigenvalue weighted by Gasteiger charge is 2.20. The molecule has 2 rings (SSSR count). The maximum atomic E-state index is 10.4. The summed E-state index contributed by atoms with van der Waals surface area (Å²) in [4.78, 5) is 0. The molecule has 2 unspecified atom stereocenters. The molecule has 1 aliphatic carbocycles. The van der Waals surface area contributed by atoms with Gasteiger partial charge in [0.2, 0.25) is 0 Å². The van der Waals surface area contributed by atoms with Crippen LogP contribution in [0.25, 0.3) is 0 Å². The summed E-state index contributed by atoms with van der Waals surface area (Å²) in [6.45, 7) is 2.68. The Morgan fingerprint density at radius 2 is 2.06 bits per heavy atom. The topological polar surface area (TPSA) is 52.5 Å². The van der Waals surface area contributed by atoms with Gasteiger partial charge in [-0.1, -0.05) is 25.1 Å². The van der Waals surface area contributed by atoms with Crippen molar-refractivity contribution in [2.24, 2.45) is 0 Å². The number of rotatable bonds is 6. The van der Waals surface area contributed by atoms with E-state index in [1.807, 2.05) is 13.0 Å². The number of aryl methyl sites for hydroxylation is 2. The zero-order valence-corrected chi connectivity index (χ0v) is 11.0. The summed E-state index contributed by atoms with van der Waals surface area (Å²) in [5.41, 5.74) is 3.82. The first-order valence-electron chi connectivity index (χ1n) is 6.90. The Morgan fingerprint density at radius 1 is 1.28 bits per heavy atom. The lowest BCUT2D eigenvalue weighted by molar-refractivity contribution is 0.122. The molecule has 0 saturated carbocycles. The van der Waals surface area contributed by atoms with Gasteiger partial charge in [-0.3, -0.25) is 0 Å². The van der Waals surface area contributed by atoms with Crippen LogP contribution in [0.15, 0.2) is 18.2 Å². The SMILES string of the molecule is CCC(NCCO)C(O)c1ccc2c(c1)CCC2. The summed E-state index contributed by atoms with van der Waals surface area (Å²) < 4.78 is 0. The highest BCUT2D eigenvalue weighted by atomic mass is 16.3. The van der Waals surface area contributed by atoms with Crippen molar-refractivity contribution in [3.8, 4) is 0 Å². The monoisotopic (exact) mass is 249 g/mol. The first-order valence-corrected chi connectivity index (χ1v) is 6.90. The van der Waals surface area contributed by atoms with Crippen LogP contribution in [0.1, 0.15) is 42.6 Å². The predicted molar refractivity (Wildman–Crippen MR) is 72.6 cm³/mol. The van der Waals surface area contributed by atoms with Crippen molar-refractivity contribution in [2.75, 3.05) is 13.2 Å². The lowest BCUT2D eigenvalue weighted by atomic mass is 9.97. The number of nitrogens with one attached hydrogen (secondary N) is 1. The molecule has 0 bridgehead atoms. The van der Waals surface area contributed by atoms with E-state index in [1.54, 1.807) is 0 Å². The molecule has 3 nitrogen and oxygen atoms in total. The minimum Gasteiger partial charge on any atom is -0.395 e. The first kappa shape index (κ1) is 13.5. The van der Waals surface area contributed by atoms with Crippen LogP contribution in [0.3, 0.4) is 0 Å². The van der Waals surface area contributed by atoms with E-state index in [0.717, 1.165) is 18.4 Å². The molecule has 0 fully saturated rings.